The third-order valence-corrected chi connectivity index (χ3v) is 13.5. The van der Waals surface area contributed by atoms with Gasteiger partial charge in [0.2, 0.25) is 5.95 Å². The van der Waals surface area contributed by atoms with E-state index >= 15 is 0 Å². The Balaban J connectivity index is 1.08. The molecule has 3 aromatic heterocycles. The second-order valence-electron chi connectivity index (χ2n) is 15.7. The molecule has 12 aromatic rings. The average Bonchev–Trinajstić information content (AvgIpc) is 3.85. The molecule has 13 rings (SSSR count). The van der Waals surface area contributed by atoms with Crippen molar-refractivity contribution in [2.75, 3.05) is 0 Å². The Kier molecular flexibility index (Phi) is 7.50. The highest BCUT2D eigenvalue weighted by Crippen LogP contribution is 2.51. The molecule has 0 amide bonds. The van der Waals surface area contributed by atoms with Crippen LogP contribution in [0, 0.1) is 0 Å². The van der Waals surface area contributed by atoms with Crippen LogP contribution in [-0.4, -0.2) is 19.1 Å². The van der Waals surface area contributed by atoms with Crippen LogP contribution in [0.3, 0.4) is 0 Å². The molecular weight excluding hydrogens is 761 g/mol. The number of aromatic nitrogens is 4. The Labute approximate surface area is 356 Å². The van der Waals surface area contributed by atoms with Crippen molar-refractivity contribution in [1.82, 2.24) is 19.1 Å². The second kappa shape index (κ2) is 13.4. The van der Waals surface area contributed by atoms with Crippen LogP contribution in [0.25, 0.3) is 111 Å². The van der Waals surface area contributed by atoms with Gasteiger partial charge in [-0.2, -0.15) is 0 Å². The van der Waals surface area contributed by atoms with Gasteiger partial charge in [0.15, 0.2) is 0 Å². The third-order valence-electron chi connectivity index (χ3n) is 12.3. The van der Waals surface area contributed by atoms with Crippen molar-refractivity contribution < 1.29 is 0 Å². The average molecular weight is 795 g/mol. The van der Waals surface area contributed by atoms with Crippen LogP contribution < -0.4 is 0 Å². The van der Waals surface area contributed by atoms with E-state index in [4.69, 9.17) is 9.97 Å². The van der Waals surface area contributed by atoms with Gasteiger partial charge in [-0.1, -0.05) is 163 Å². The minimum Gasteiger partial charge on any atom is -0.309 e. The summed E-state index contributed by atoms with van der Waals surface area (Å²) in [6, 6.07) is 74.2. The molecule has 0 saturated heterocycles. The summed E-state index contributed by atoms with van der Waals surface area (Å²) in [5.41, 5.74) is 14.4. The van der Waals surface area contributed by atoms with E-state index in [1.165, 1.54) is 58.9 Å². The van der Waals surface area contributed by atoms with Gasteiger partial charge in [0.05, 0.1) is 33.5 Å². The summed E-state index contributed by atoms with van der Waals surface area (Å²) in [5, 5.41) is 7.48. The quantitative estimate of drug-likeness (QED) is 0.174. The first-order chi connectivity index (χ1) is 30.3. The lowest BCUT2D eigenvalue weighted by atomic mass is 9.93. The van der Waals surface area contributed by atoms with E-state index in [1.54, 1.807) is 0 Å². The molecule has 0 bridgehead atoms. The molecule has 4 nitrogen and oxygen atoms in total. The number of hydrogen-bond acceptors (Lipinski definition) is 3. The molecule has 0 radical (unpaired) electrons. The number of rotatable bonds is 5. The highest BCUT2D eigenvalue weighted by molar-refractivity contribution is 7.99. The number of benzene rings is 9. The second-order valence-corrected chi connectivity index (χ2v) is 16.8. The van der Waals surface area contributed by atoms with Gasteiger partial charge in [0.1, 0.15) is 0 Å². The molecular formula is C56H34N4S. The van der Waals surface area contributed by atoms with Crippen LogP contribution >= 0.6 is 11.8 Å². The first-order valence-corrected chi connectivity index (χ1v) is 21.5. The van der Waals surface area contributed by atoms with Crippen molar-refractivity contribution in [3.63, 3.8) is 0 Å². The fourth-order valence-corrected chi connectivity index (χ4v) is 10.8. The first-order valence-electron chi connectivity index (χ1n) is 20.7. The standard InChI is InChI=1S/C56H34N4S/c1-4-16-35(17-5-1)45-34-46(36-18-6-2-7-19-36)58-56(57-45)60-47-26-12-10-23-41(47)53-39(24-14-27-48(53)60)37-30-31-42-49(32-37)59(38-20-8-3-9-21-38)50-33-44-40-22-11-13-28-51(40)61-52-29-15-25-43(54(42)50)55(44)52/h1-34H. The smallest absolute Gasteiger partial charge is 0.235 e. The third kappa shape index (κ3) is 5.21. The summed E-state index contributed by atoms with van der Waals surface area (Å²) in [6.07, 6.45) is 0. The monoisotopic (exact) mass is 794 g/mol. The zero-order chi connectivity index (χ0) is 40.0. The van der Waals surface area contributed by atoms with Crippen LogP contribution in [0.5, 0.6) is 0 Å². The molecule has 284 valence electrons. The molecule has 0 spiro atoms. The fraction of sp³-hybridized carbons (Fsp3) is 0. The zero-order valence-electron chi connectivity index (χ0n) is 32.8. The number of para-hydroxylation sites is 2. The predicted molar refractivity (Wildman–Crippen MR) is 254 cm³/mol. The van der Waals surface area contributed by atoms with Crippen molar-refractivity contribution >= 4 is 66.1 Å². The minimum absolute atomic E-state index is 0.641. The van der Waals surface area contributed by atoms with Crippen LogP contribution in [0.1, 0.15) is 0 Å². The van der Waals surface area contributed by atoms with E-state index in [0.29, 0.717) is 5.95 Å². The molecule has 1 aliphatic heterocycles. The summed E-state index contributed by atoms with van der Waals surface area (Å²) in [6.45, 7) is 0. The van der Waals surface area contributed by atoms with E-state index in [1.807, 2.05) is 23.9 Å². The van der Waals surface area contributed by atoms with Gasteiger partial charge in [-0.05, 0) is 82.2 Å². The van der Waals surface area contributed by atoms with Crippen molar-refractivity contribution in [1.29, 1.82) is 0 Å². The van der Waals surface area contributed by atoms with Crippen molar-refractivity contribution in [2.24, 2.45) is 0 Å². The molecule has 1 aliphatic rings. The molecule has 0 unspecified atom stereocenters. The Bertz CT molecular complexity index is 3660. The zero-order valence-corrected chi connectivity index (χ0v) is 33.6. The number of hydrogen-bond donors (Lipinski definition) is 0. The Morgan fingerprint density at radius 3 is 1.72 bits per heavy atom. The number of fused-ring (bicyclic) bond motifs is 9. The number of nitrogens with zero attached hydrogens (tertiary/aromatic N) is 4. The molecule has 0 N–H and O–H groups in total. The lowest BCUT2D eigenvalue weighted by Crippen LogP contribution is -2.04. The van der Waals surface area contributed by atoms with Gasteiger partial charge in [-0.3, -0.25) is 4.57 Å². The molecule has 0 aliphatic carbocycles. The lowest BCUT2D eigenvalue weighted by molar-refractivity contribution is 0.995. The maximum atomic E-state index is 5.30. The molecule has 0 saturated carbocycles. The first kappa shape index (κ1) is 34.2. The van der Waals surface area contributed by atoms with Gasteiger partial charge in [-0.25, -0.2) is 9.97 Å². The van der Waals surface area contributed by atoms with Gasteiger partial charge in [0.25, 0.3) is 0 Å². The summed E-state index contributed by atoms with van der Waals surface area (Å²) < 4.78 is 4.72. The van der Waals surface area contributed by atoms with Crippen molar-refractivity contribution in [2.45, 2.75) is 9.79 Å². The Morgan fingerprint density at radius 2 is 0.934 bits per heavy atom. The summed E-state index contributed by atoms with van der Waals surface area (Å²) in [4.78, 5) is 13.2. The summed E-state index contributed by atoms with van der Waals surface area (Å²) in [7, 11) is 0. The highest BCUT2D eigenvalue weighted by atomic mass is 32.2. The van der Waals surface area contributed by atoms with Crippen molar-refractivity contribution in [3.8, 4) is 56.4 Å². The Hall–Kier alpha value is -7.73. The minimum atomic E-state index is 0.641. The molecule has 0 atom stereocenters. The van der Waals surface area contributed by atoms with E-state index in [2.05, 4.69) is 203 Å². The largest absolute Gasteiger partial charge is 0.309 e. The van der Waals surface area contributed by atoms with E-state index in [-0.39, 0.29) is 0 Å². The normalized spacial score (nSPS) is 12.2. The summed E-state index contributed by atoms with van der Waals surface area (Å²) in [5.74, 6) is 0.641. The van der Waals surface area contributed by atoms with Crippen LogP contribution in [0.4, 0.5) is 0 Å². The SMILES string of the molecule is c1ccc(-c2cc(-c3ccccc3)nc(-n3c4ccccc4c4c(-c5ccc6c7c8cccc9c8c(cc7n(-c7ccccc7)c6c5)-c5ccccc5S9)cccc43)n2)cc1. The predicted octanol–water partition coefficient (Wildman–Crippen LogP) is 15.0. The van der Waals surface area contributed by atoms with Gasteiger partial charge < -0.3 is 4.57 Å². The van der Waals surface area contributed by atoms with Crippen molar-refractivity contribution in [3.05, 3.63) is 206 Å². The van der Waals surface area contributed by atoms with Crippen LogP contribution in [0.15, 0.2) is 216 Å². The summed E-state index contributed by atoms with van der Waals surface area (Å²) >= 11 is 1.88. The fourth-order valence-electron chi connectivity index (χ4n) is 9.69. The van der Waals surface area contributed by atoms with E-state index in [9.17, 15) is 0 Å². The maximum Gasteiger partial charge on any atom is 0.235 e. The van der Waals surface area contributed by atoms with E-state index < -0.39 is 0 Å². The molecule has 9 aromatic carbocycles. The topological polar surface area (TPSA) is 35.6 Å². The molecule has 0 fully saturated rings. The van der Waals surface area contributed by atoms with Crippen LogP contribution in [-0.2, 0) is 0 Å². The van der Waals surface area contributed by atoms with Gasteiger partial charge in [0, 0.05) is 53.5 Å². The maximum absolute atomic E-state index is 5.30. The van der Waals surface area contributed by atoms with E-state index in [0.717, 1.165) is 55.7 Å². The van der Waals surface area contributed by atoms with Crippen LogP contribution in [0.2, 0.25) is 0 Å². The highest BCUT2D eigenvalue weighted by Gasteiger charge is 2.25. The van der Waals surface area contributed by atoms with Gasteiger partial charge in [-0.15, -0.1) is 0 Å². The molecule has 61 heavy (non-hydrogen) atoms. The molecule has 4 heterocycles. The molecule has 5 heteroatoms. The Morgan fingerprint density at radius 1 is 0.328 bits per heavy atom. The van der Waals surface area contributed by atoms with Gasteiger partial charge >= 0.3 is 0 Å². The lowest BCUT2D eigenvalue weighted by Gasteiger charge is -2.21.